The number of hydrogen-bond acceptors (Lipinski definition) is 3. The first-order chi connectivity index (χ1) is 10.1. The molecule has 0 aliphatic carbocycles. The standard InChI is InChI=1S/C15H16N4O2/c1-18-13(15(21)19-8-7-16-14(20)10-19)9-12(17-18)11-5-3-2-4-6-11/h2-6,9H,7-8,10H2,1H3,(H,16,20). The molecule has 108 valence electrons. The largest absolute Gasteiger partial charge is 0.353 e. The zero-order valence-electron chi connectivity index (χ0n) is 11.7. The van der Waals surface area contributed by atoms with E-state index in [9.17, 15) is 9.59 Å². The predicted octanol–water partition coefficient (Wildman–Crippen LogP) is 0.659. The minimum absolute atomic E-state index is 0.102. The first-order valence-corrected chi connectivity index (χ1v) is 6.80. The van der Waals surface area contributed by atoms with E-state index in [1.165, 1.54) is 0 Å². The number of hydrogen-bond donors (Lipinski definition) is 1. The molecule has 0 atom stereocenters. The first-order valence-electron chi connectivity index (χ1n) is 6.80. The highest BCUT2D eigenvalue weighted by Gasteiger charge is 2.25. The highest BCUT2D eigenvalue weighted by atomic mass is 16.2. The summed E-state index contributed by atoms with van der Waals surface area (Å²) in [4.78, 5) is 25.4. The van der Waals surface area contributed by atoms with Crippen molar-refractivity contribution in [2.45, 2.75) is 0 Å². The van der Waals surface area contributed by atoms with Crippen molar-refractivity contribution in [2.75, 3.05) is 19.6 Å². The Labute approximate surface area is 122 Å². The molecule has 2 aromatic rings. The number of rotatable bonds is 2. The molecule has 0 spiro atoms. The van der Waals surface area contributed by atoms with Crippen molar-refractivity contribution in [3.63, 3.8) is 0 Å². The van der Waals surface area contributed by atoms with Gasteiger partial charge in [-0.2, -0.15) is 5.10 Å². The quantitative estimate of drug-likeness (QED) is 0.881. The smallest absolute Gasteiger partial charge is 0.272 e. The van der Waals surface area contributed by atoms with Gasteiger partial charge in [-0.3, -0.25) is 14.3 Å². The number of nitrogens with zero attached hydrogens (tertiary/aromatic N) is 3. The van der Waals surface area contributed by atoms with Crippen molar-refractivity contribution in [1.82, 2.24) is 20.0 Å². The summed E-state index contributed by atoms with van der Waals surface area (Å²) in [7, 11) is 1.74. The van der Waals surface area contributed by atoms with Gasteiger partial charge < -0.3 is 10.2 Å². The summed E-state index contributed by atoms with van der Waals surface area (Å²) in [6, 6.07) is 11.5. The molecule has 1 aromatic heterocycles. The van der Waals surface area contributed by atoms with E-state index < -0.39 is 0 Å². The van der Waals surface area contributed by atoms with E-state index >= 15 is 0 Å². The molecule has 2 amide bonds. The van der Waals surface area contributed by atoms with Gasteiger partial charge in [-0.1, -0.05) is 30.3 Å². The Morgan fingerprint density at radius 1 is 1.29 bits per heavy atom. The van der Waals surface area contributed by atoms with E-state index in [4.69, 9.17) is 0 Å². The third-order valence-electron chi connectivity index (χ3n) is 3.49. The van der Waals surface area contributed by atoms with Crippen molar-refractivity contribution >= 4 is 11.8 Å². The maximum absolute atomic E-state index is 12.5. The topological polar surface area (TPSA) is 67.2 Å². The fourth-order valence-electron chi connectivity index (χ4n) is 2.39. The number of aromatic nitrogens is 2. The number of amides is 2. The summed E-state index contributed by atoms with van der Waals surface area (Å²) in [5, 5.41) is 7.09. The maximum Gasteiger partial charge on any atom is 0.272 e. The van der Waals surface area contributed by atoms with Gasteiger partial charge in [-0.05, 0) is 6.07 Å². The predicted molar refractivity (Wildman–Crippen MR) is 77.6 cm³/mol. The van der Waals surface area contributed by atoms with Gasteiger partial charge in [-0.25, -0.2) is 0 Å². The van der Waals surface area contributed by atoms with E-state index in [2.05, 4.69) is 10.4 Å². The molecular weight excluding hydrogens is 268 g/mol. The second-order valence-electron chi connectivity index (χ2n) is 4.98. The normalized spacial score (nSPS) is 14.9. The van der Waals surface area contributed by atoms with E-state index in [1.807, 2.05) is 30.3 Å². The second kappa shape index (κ2) is 5.40. The van der Waals surface area contributed by atoms with Crippen LogP contribution in [0.1, 0.15) is 10.5 Å². The molecule has 6 nitrogen and oxygen atoms in total. The second-order valence-corrected chi connectivity index (χ2v) is 4.98. The molecule has 1 saturated heterocycles. The van der Waals surface area contributed by atoms with Gasteiger partial charge in [0.15, 0.2) is 0 Å². The monoisotopic (exact) mass is 284 g/mol. The molecule has 1 aliphatic rings. The Bertz CT molecular complexity index is 678. The number of benzene rings is 1. The maximum atomic E-state index is 12.5. The van der Waals surface area contributed by atoms with E-state index in [-0.39, 0.29) is 18.4 Å². The molecule has 1 aromatic carbocycles. The van der Waals surface area contributed by atoms with Crippen LogP contribution in [0.3, 0.4) is 0 Å². The summed E-state index contributed by atoms with van der Waals surface area (Å²) in [6.07, 6.45) is 0. The van der Waals surface area contributed by atoms with Crippen LogP contribution in [-0.2, 0) is 11.8 Å². The fraction of sp³-hybridized carbons (Fsp3) is 0.267. The Balaban J connectivity index is 1.87. The lowest BCUT2D eigenvalue weighted by Crippen LogP contribution is -2.50. The zero-order chi connectivity index (χ0) is 14.8. The Hall–Kier alpha value is -2.63. The SMILES string of the molecule is Cn1nc(-c2ccccc2)cc1C(=O)N1CCNC(=O)C1. The summed E-state index contributed by atoms with van der Waals surface area (Å²) < 4.78 is 1.57. The molecule has 0 radical (unpaired) electrons. The Morgan fingerprint density at radius 3 is 2.76 bits per heavy atom. The van der Waals surface area contributed by atoms with Gasteiger partial charge in [0.05, 0.1) is 12.2 Å². The van der Waals surface area contributed by atoms with Crippen LogP contribution in [0.4, 0.5) is 0 Å². The van der Waals surface area contributed by atoms with Gasteiger partial charge in [-0.15, -0.1) is 0 Å². The van der Waals surface area contributed by atoms with Crippen LogP contribution in [0.5, 0.6) is 0 Å². The van der Waals surface area contributed by atoms with Crippen molar-refractivity contribution in [2.24, 2.45) is 7.05 Å². The summed E-state index contributed by atoms with van der Waals surface area (Å²) in [5.41, 5.74) is 2.20. The van der Waals surface area contributed by atoms with Crippen LogP contribution < -0.4 is 5.32 Å². The number of carbonyl (C=O) groups excluding carboxylic acids is 2. The summed E-state index contributed by atoms with van der Waals surface area (Å²) in [6.45, 7) is 1.12. The van der Waals surface area contributed by atoms with E-state index in [1.54, 1.807) is 22.7 Å². The molecule has 21 heavy (non-hydrogen) atoms. The lowest BCUT2D eigenvalue weighted by atomic mass is 10.1. The molecule has 2 heterocycles. The lowest BCUT2D eigenvalue weighted by molar-refractivity contribution is -0.123. The third-order valence-corrected chi connectivity index (χ3v) is 3.49. The molecular formula is C15H16N4O2. The van der Waals surface area contributed by atoms with Crippen LogP contribution >= 0.6 is 0 Å². The van der Waals surface area contributed by atoms with Crippen LogP contribution in [0.2, 0.25) is 0 Å². The Kier molecular flexibility index (Phi) is 3.43. The molecule has 1 fully saturated rings. The third kappa shape index (κ3) is 2.65. The van der Waals surface area contributed by atoms with Crippen LogP contribution in [0, 0.1) is 0 Å². The minimum atomic E-state index is -0.165. The minimum Gasteiger partial charge on any atom is -0.353 e. The Morgan fingerprint density at radius 2 is 2.05 bits per heavy atom. The van der Waals surface area contributed by atoms with Crippen LogP contribution in [0.25, 0.3) is 11.3 Å². The summed E-state index contributed by atoms with van der Waals surface area (Å²) in [5.74, 6) is -0.290. The van der Waals surface area contributed by atoms with Crippen LogP contribution in [-0.4, -0.2) is 46.1 Å². The van der Waals surface area contributed by atoms with Gasteiger partial charge in [0.2, 0.25) is 5.91 Å². The van der Waals surface area contributed by atoms with Crippen LogP contribution in [0.15, 0.2) is 36.4 Å². The molecule has 0 unspecified atom stereocenters. The van der Waals surface area contributed by atoms with Crippen molar-refractivity contribution in [3.05, 3.63) is 42.1 Å². The molecule has 0 bridgehead atoms. The lowest BCUT2D eigenvalue weighted by Gasteiger charge is -2.26. The molecule has 6 heteroatoms. The van der Waals surface area contributed by atoms with Gasteiger partial charge >= 0.3 is 0 Å². The first kappa shape index (κ1) is 13.4. The number of carbonyl (C=O) groups is 2. The van der Waals surface area contributed by atoms with E-state index in [0.717, 1.165) is 11.3 Å². The number of piperazine rings is 1. The van der Waals surface area contributed by atoms with Gasteiger partial charge in [0, 0.05) is 25.7 Å². The van der Waals surface area contributed by atoms with Crippen molar-refractivity contribution < 1.29 is 9.59 Å². The van der Waals surface area contributed by atoms with Gasteiger partial charge in [0.25, 0.3) is 5.91 Å². The van der Waals surface area contributed by atoms with Crippen molar-refractivity contribution in [3.8, 4) is 11.3 Å². The zero-order valence-corrected chi connectivity index (χ0v) is 11.7. The highest BCUT2D eigenvalue weighted by Crippen LogP contribution is 2.19. The highest BCUT2D eigenvalue weighted by molar-refractivity contribution is 5.96. The average molecular weight is 284 g/mol. The summed E-state index contributed by atoms with van der Waals surface area (Å²) >= 11 is 0. The van der Waals surface area contributed by atoms with Crippen molar-refractivity contribution in [1.29, 1.82) is 0 Å². The van der Waals surface area contributed by atoms with Gasteiger partial charge in [0.1, 0.15) is 5.69 Å². The number of nitrogens with one attached hydrogen (secondary N) is 1. The molecule has 0 saturated carbocycles. The number of aryl methyl sites for hydroxylation is 1. The molecule has 1 aliphatic heterocycles. The molecule has 3 rings (SSSR count). The van der Waals surface area contributed by atoms with E-state index in [0.29, 0.717) is 18.8 Å². The average Bonchev–Trinajstić information content (AvgIpc) is 2.89. The molecule has 1 N–H and O–H groups in total. The fourth-order valence-corrected chi connectivity index (χ4v) is 2.39.